The average Bonchev–Trinajstić information content (AvgIpc) is 2.47. The average molecular weight is 291 g/mol. The van der Waals surface area contributed by atoms with E-state index < -0.39 is 5.82 Å². The minimum atomic E-state index is -0.559. The van der Waals surface area contributed by atoms with E-state index in [2.05, 4.69) is 11.8 Å². The fourth-order valence-corrected chi connectivity index (χ4v) is 2.24. The summed E-state index contributed by atoms with van der Waals surface area (Å²) < 4.78 is 19.4. The fourth-order valence-electron chi connectivity index (χ4n) is 2.24. The first-order valence-electron chi connectivity index (χ1n) is 6.84. The SMILES string of the molecule is CC1CN(C(=O)c2ccc(C#CCO)c(F)c2)C(C)CO1. The number of aliphatic hydroxyl groups excluding tert-OH is 1. The van der Waals surface area contributed by atoms with Gasteiger partial charge >= 0.3 is 0 Å². The molecule has 0 aliphatic carbocycles. The van der Waals surface area contributed by atoms with Crippen molar-refractivity contribution < 1.29 is 19.0 Å². The van der Waals surface area contributed by atoms with Crippen LogP contribution in [0.3, 0.4) is 0 Å². The first kappa shape index (κ1) is 15.5. The van der Waals surface area contributed by atoms with Crippen LogP contribution in [-0.4, -0.2) is 47.8 Å². The Morgan fingerprint density at radius 1 is 1.52 bits per heavy atom. The number of hydrogen-bond donors (Lipinski definition) is 1. The van der Waals surface area contributed by atoms with Crippen LogP contribution in [0.2, 0.25) is 0 Å². The molecule has 5 heteroatoms. The van der Waals surface area contributed by atoms with Crippen LogP contribution in [0, 0.1) is 17.7 Å². The van der Waals surface area contributed by atoms with Gasteiger partial charge in [0, 0.05) is 12.1 Å². The molecule has 112 valence electrons. The van der Waals surface area contributed by atoms with Crippen LogP contribution in [0.4, 0.5) is 4.39 Å². The van der Waals surface area contributed by atoms with Gasteiger partial charge in [-0.25, -0.2) is 4.39 Å². The zero-order valence-electron chi connectivity index (χ0n) is 12.1. The minimum absolute atomic E-state index is 0.0234. The summed E-state index contributed by atoms with van der Waals surface area (Å²) in [5, 5.41) is 8.62. The summed E-state index contributed by atoms with van der Waals surface area (Å²) in [6.07, 6.45) is -0.0234. The van der Waals surface area contributed by atoms with E-state index in [4.69, 9.17) is 9.84 Å². The summed E-state index contributed by atoms with van der Waals surface area (Å²) in [7, 11) is 0. The van der Waals surface area contributed by atoms with Crippen LogP contribution in [0.1, 0.15) is 29.8 Å². The monoisotopic (exact) mass is 291 g/mol. The summed E-state index contributed by atoms with van der Waals surface area (Å²) in [6, 6.07) is 4.17. The van der Waals surface area contributed by atoms with Crippen molar-refractivity contribution in [1.82, 2.24) is 4.90 Å². The summed E-state index contributed by atoms with van der Waals surface area (Å²) in [5.74, 6) is 4.12. The van der Waals surface area contributed by atoms with Crippen LogP contribution < -0.4 is 0 Å². The molecule has 1 aromatic carbocycles. The Balaban J connectivity index is 2.21. The molecule has 1 amide bonds. The number of morpholine rings is 1. The molecule has 1 heterocycles. The van der Waals surface area contributed by atoms with E-state index >= 15 is 0 Å². The highest BCUT2D eigenvalue weighted by Crippen LogP contribution is 2.17. The lowest BCUT2D eigenvalue weighted by atomic mass is 10.1. The third kappa shape index (κ3) is 3.60. The smallest absolute Gasteiger partial charge is 0.254 e. The van der Waals surface area contributed by atoms with Gasteiger partial charge in [-0.2, -0.15) is 0 Å². The topological polar surface area (TPSA) is 49.8 Å². The number of amides is 1. The van der Waals surface area contributed by atoms with Gasteiger partial charge in [-0.15, -0.1) is 0 Å². The predicted molar refractivity (Wildman–Crippen MR) is 76.3 cm³/mol. The molecule has 4 nitrogen and oxygen atoms in total. The molecule has 1 aliphatic heterocycles. The molecule has 0 saturated carbocycles. The van der Waals surface area contributed by atoms with E-state index in [0.717, 1.165) is 0 Å². The third-order valence-electron chi connectivity index (χ3n) is 3.39. The summed E-state index contributed by atoms with van der Waals surface area (Å²) in [6.45, 7) is 4.45. The van der Waals surface area contributed by atoms with Crippen molar-refractivity contribution in [3.05, 3.63) is 35.1 Å². The van der Waals surface area contributed by atoms with Crippen molar-refractivity contribution in [2.75, 3.05) is 19.8 Å². The molecule has 0 spiro atoms. The molecule has 0 radical (unpaired) electrons. The second-order valence-corrected chi connectivity index (χ2v) is 5.11. The Labute approximate surface area is 123 Å². The number of hydrogen-bond acceptors (Lipinski definition) is 3. The highest BCUT2D eigenvalue weighted by Gasteiger charge is 2.28. The molecule has 1 aromatic rings. The number of rotatable bonds is 1. The second kappa shape index (κ2) is 6.70. The number of ether oxygens (including phenoxy) is 1. The van der Waals surface area contributed by atoms with Crippen LogP contribution in [0.15, 0.2) is 18.2 Å². The number of carbonyl (C=O) groups is 1. The maximum atomic E-state index is 13.9. The van der Waals surface area contributed by atoms with Gasteiger partial charge in [0.2, 0.25) is 0 Å². The van der Waals surface area contributed by atoms with Crippen LogP contribution in [0.25, 0.3) is 0 Å². The van der Waals surface area contributed by atoms with E-state index in [1.54, 1.807) is 11.0 Å². The largest absolute Gasteiger partial charge is 0.384 e. The number of nitrogens with zero attached hydrogens (tertiary/aromatic N) is 1. The van der Waals surface area contributed by atoms with Gasteiger partial charge < -0.3 is 14.7 Å². The molecule has 2 unspecified atom stereocenters. The maximum absolute atomic E-state index is 13.9. The maximum Gasteiger partial charge on any atom is 0.254 e. The normalized spacial score (nSPS) is 21.6. The highest BCUT2D eigenvalue weighted by atomic mass is 19.1. The standard InChI is InChI=1S/C16H18FNO3/c1-11-10-21-12(2)9-18(11)16(20)14-6-5-13(4-3-7-19)15(17)8-14/h5-6,8,11-12,19H,7,9-10H2,1-2H3. The Morgan fingerprint density at radius 3 is 2.95 bits per heavy atom. The van der Waals surface area contributed by atoms with Crippen LogP contribution in [-0.2, 0) is 4.74 Å². The Morgan fingerprint density at radius 2 is 2.29 bits per heavy atom. The van der Waals surface area contributed by atoms with E-state index in [-0.39, 0.29) is 30.2 Å². The first-order chi connectivity index (χ1) is 10.0. The molecule has 2 atom stereocenters. The summed E-state index contributed by atoms with van der Waals surface area (Å²) >= 11 is 0. The van der Waals surface area contributed by atoms with E-state index in [1.807, 2.05) is 13.8 Å². The molecule has 1 aliphatic rings. The Kier molecular flexibility index (Phi) is 4.94. The van der Waals surface area contributed by atoms with Gasteiger partial charge in [0.1, 0.15) is 12.4 Å². The van der Waals surface area contributed by atoms with Crippen molar-refractivity contribution in [1.29, 1.82) is 0 Å². The number of aliphatic hydroxyl groups is 1. The van der Waals surface area contributed by atoms with E-state index in [0.29, 0.717) is 18.7 Å². The molecule has 21 heavy (non-hydrogen) atoms. The van der Waals surface area contributed by atoms with Gasteiger partial charge in [-0.1, -0.05) is 11.8 Å². The number of benzene rings is 1. The molecule has 2 rings (SSSR count). The van der Waals surface area contributed by atoms with E-state index in [1.165, 1.54) is 12.1 Å². The molecule has 1 saturated heterocycles. The quantitative estimate of drug-likeness (QED) is 0.796. The fraction of sp³-hybridized carbons (Fsp3) is 0.438. The Hall–Kier alpha value is -1.90. The first-order valence-corrected chi connectivity index (χ1v) is 6.84. The predicted octanol–water partition coefficient (Wildman–Crippen LogP) is 1.42. The molecular formula is C16H18FNO3. The third-order valence-corrected chi connectivity index (χ3v) is 3.39. The van der Waals surface area contributed by atoms with Crippen molar-refractivity contribution in [3.63, 3.8) is 0 Å². The highest BCUT2D eigenvalue weighted by molar-refractivity contribution is 5.94. The van der Waals surface area contributed by atoms with Crippen molar-refractivity contribution in [3.8, 4) is 11.8 Å². The Bertz CT molecular complexity index is 591. The minimum Gasteiger partial charge on any atom is -0.384 e. The van der Waals surface area contributed by atoms with Gasteiger partial charge in [-0.05, 0) is 32.0 Å². The summed E-state index contributed by atoms with van der Waals surface area (Å²) in [4.78, 5) is 14.2. The number of carbonyl (C=O) groups excluding carboxylic acids is 1. The number of halogens is 1. The molecule has 0 bridgehead atoms. The van der Waals surface area contributed by atoms with Crippen molar-refractivity contribution in [2.45, 2.75) is 26.0 Å². The van der Waals surface area contributed by atoms with Crippen LogP contribution in [0.5, 0.6) is 0 Å². The lowest BCUT2D eigenvalue weighted by Gasteiger charge is -2.36. The van der Waals surface area contributed by atoms with Gasteiger partial charge in [0.25, 0.3) is 5.91 Å². The molecular weight excluding hydrogens is 273 g/mol. The zero-order chi connectivity index (χ0) is 15.4. The lowest BCUT2D eigenvalue weighted by Crippen LogP contribution is -2.50. The molecule has 0 aromatic heterocycles. The van der Waals surface area contributed by atoms with Gasteiger partial charge in [0.05, 0.1) is 24.3 Å². The zero-order valence-corrected chi connectivity index (χ0v) is 12.1. The van der Waals surface area contributed by atoms with Crippen molar-refractivity contribution in [2.24, 2.45) is 0 Å². The van der Waals surface area contributed by atoms with E-state index in [9.17, 15) is 9.18 Å². The van der Waals surface area contributed by atoms with Gasteiger partial charge in [-0.3, -0.25) is 4.79 Å². The molecule has 1 N–H and O–H groups in total. The summed E-state index contributed by atoms with van der Waals surface area (Å²) in [5.41, 5.74) is 0.465. The van der Waals surface area contributed by atoms with Gasteiger partial charge in [0.15, 0.2) is 0 Å². The molecule has 1 fully saturated rings. The van der Waals surface area contributed by atoms with Crippen LogP contribution >= 0.6 is 0 Å². The second-order valence-electron chi connectivity index (χ2n) is 5.11. The van der Waals surface area contributed by atoms with Crippen molar-refractivity contribution >= 4 is 5.91 Å². The lowest BCUT2D eigenvalue weighted by molar-refractivity contribution is -0.0387.